The van der Waals surface area contributed by atoms with Gasteiger partial charge in [0.25, 0.3) is 5.91 Å². The number of carbonyl (C=O) groups is 1. The molecule has 0 radical (unpaired) electrons. The lowest BCUT2D eigenvalue weighted by Gasteiger charge is -2.26. The quantitative estimate of drug-likeness (QED) is 0.917. The van der Waals surface area contributed by atoms with Crippen LogP contribution in [0.1, 0.15) is 35.2 Å². The van der Waals surface area contributed by atoms with Crippen molar-refractivity contribution in [3.8, 4) is 0 Å². The van der Waals surface area contributed by atoms with Gasteiger partial charge in [-0.1, -0.05) is 11.6 Å². The monoisotopic (exact) mass is 335 g/mol. The topological polar surface area (TPSA) is 45.2 Å². The molecule has 1 N–H and O–H groups in total. The number of thiophene rings is 1. The van der Waals surface area contributed by atoms with E-state index in [-0.39, 0.29) is 5.91 Å². The molecule has 6 heteroatoms. The van der Waals surface area contributed by atoms with Crippen molar-refractivity contribution in [2.75, 3.05) is 18.4 Å². The third kappa shape index (κ3) is 3.59. The van der Waals surface area contributed by atoms with E-state index >= 15 is 0 Å². The normalized spacial score (nSPS) is 14.9. The molecule has 0 aliphatic carbocycles. The number of anilines is 1. The predicted octanol–water partition coefficient (Wildman–Crippen LogP) is 4.03. The van der Waals surface area contributed by atoms with E-state index in [4.69, 9.17) is 11.6 Å². The molecule has 1 amide bonds. The summed E-state index contributed by atoms with van der Waals surface area (Å²) in [6.45, 7) is 2.33. The van der Waals surface area contributed by atoms with E-state index in [9.17, 15) is 4.79 Å². The summed E-state index contributed by atoms with van der Waals surface area (Å²) in [7, 11) is 0. The molecule has 1 aliphatic rings. The maximum Gasteiger partial charge on any atom is 0.255 e. The number of aromatic nitrogens is 1. The summed E-state index contributed by atoms with van der Waals surface area (Å²) in [5.41, 5.74) is 1.75. The summed E-state index contributed by atoms with van der Waals surface area (Å²) in [6, 6.07) is 3.77. The maximum atomic E-state index is 12.4. The SMILES string of the molecule is O=C(c1cnc(NCc2ccsc2)c(Cl)c1)N1CCCCC1. The number of piperidine rings is 1. The summed E-state index contributed by atoms with van der Waals surface area (Å²) in [6.07, 6.45) is 4.97. The highest BCUT2D eigenvalue weighted by atomic mass is 35.5. The van der Waals surface area contributed by atoms with E-state index in [2.05, 4.69) is 21.7 Å². The standard InChI is InChI=1S/C16H18ClN3OS/c17-14-8-13(16(21)20-5-2-1-3-6-20)10-19-15(14)18-9-12-4-7-22-11-12/h4,7-8,10-11H,1-3,5-6,9H2,(H,18,19). The molecular weight excluding hydrogens is 318 g/mol. The number of amides is 1. The van der Waals surface area contributed by atoms with Gasteiger partial charge in [0.05, 0.1) is 10.6 Å². The van der Waals surface area contributed by atoms with Crippen LogP contribution in [0.25, 0.3) is 0 Å². The predicted molar refractivity (Wildman–Crippen MR) is 90.6 cm³/mol. The number of hydrogen-bond acceptors (Lipinski definition) is 4. The lowest BCUT2D eigenvalue weighted by atomic mass is 10.1. The van der Waals surface area contributed by atoms with Crippen LogP contribution in [0.3, 0.4) is 0 Å². The Morgan fingerprint density at radius 3 is 2.86 bits per heavy atom. The van der Waals surface area contributed by atoms with Gasteiger partial charge in [-0.05, 0) is 47.7 Å². The number of nitrogens with zero attached hydrogens (tertiary/aromatic N) is 2. The molecule has 3 heterocycles. The number of likely N-dealkylation sites (tertiary alicyclic amines) is 1. The smallest absolute Gasteiger partial charge is 0.255 e. The number of halogens is 1. The summed E-state index contributed by atoms with van der Waals surface area (Å²) in [5.74, 6) is 0.640. The second-order valence-electron chi connectivity index (χ2n) is 5.39. The first-order valence-corrected chi connectivity index (χ1v) is 8.76. The molecule has 0 unspecified atom stereocenters. The largest absolute Gasteiger partial charge is 0.365 e. The minimum Gasteiger partial charge on any atom is -0.365 e. The molecule has 22 heavy (non-hydrogen) atoms. The van der Waals surface area contributed by atoms with Crippen LogP contribution in [0, 0.1) is 0 Å². The van der Waals surface area contributed by atoms with Crippen LogP contribution in [-0.4, -0.2) is 28.9 Å². The van der Waals surface area contributed by atoms with Crippen molar-refractivity contribution in [2.45, 2.75) is 25.8 Å². The first kappa shape index (κ1) is 15.3. The molecule has 0 aromatic carbocycles. The van der Waals surface area contributed by atoms with Gasteiger partial charge in [-0.15, -0.1) is 0 Å². The second kappa shape index (κ2) is 7.11. The van der Waals surface area contributed by atoms with Gasteiger partial charge in [-0.2, -0.15) is 11.3 Å². The van der Waals surface area contributed by atoms with Gasteiger partial charge < -0.3 is 10.2 Å². The highest BCUT2D eigenvalue weighted by Crippen LogP contribution is 2.22. The molecule has 2 aromatic heterocycles. The minimum absolute atomic E-state index is 0.0264. The molecule has 0 spiro atoms. The Bertz CT molecular complexity index is 639. The van der Waals surface area contributed by atoms with Gasteiger partial charge in [0.2, 0.25) is 0 Å². The van der Waals surface area contributed by atoms with Crippen molar-refractivity contribution in [3.63, 3.8) is 0 Å². The third-order valence-electron chi connectivity index (χ3n) is 3.77. The molecule has 0 atom stereocenters. The lowest BCUT2D eigenvalue weighted by molar-refractivity contribution is 0.0724. The van der Waals surface area contributed by atoms with Crippen LogP contribution in [0.4, 0.5) is 5.82 Å². The zero-order valence-corrected chi connectivity index (χ0v) is 13.8. The van der Waals surface area contributed by atoms with Crippen molar-refractivity contribution >= 4 is 34.7 Å². The molecule has 3 rings (SSSR count). The van der Waals surface area contributed by atoms with Gasteiger partial charge in [-0.25, -0.2) is 4.98 Å². The van der Waals surface area contributed by atoms with Crippen molar-refractivity contribution in [1.82, 2.24) is 9.88 Å². The molecule has 1 saturated heterocycles. The number of rotatable bonds is 4. The van der Waals surface area contributed by atoms with Crippen molar-refractivity contribution in [3.05, 3.63) is 45.2 Å². The molecule has 2 aromatic rings. The zero-order chi connectivity index (χ0) is 15.4. The van der Waals surface area contributed by atoms with Crippen molar-refractivity contribution in [2.24, 2.45) is 0 Å². The van der Waals surface area contributed by atoms with Crippen LogP contribution in [0.2, 0.25) is 5.02 Å². The van der Waals surface area contributed by atoms with Crippen LogP contribution < -0.4 is 5.32 Å². The van der Waals surface area contributed by atoms with Crippen LogP contribution in [-0.2, 0) is 6.54 Å². The van der Waals surface area contributed by atoms with E-state index in [0.717, 1.165) is 25.9 Å². The van der Waals surface area contributed by atoms with Crippen LogP contribution in [0.15, 0.2) is 29.1 Å². The Balaban J connectivity index is 1.67. The Kier molecular flexibility index (Phi) is 4.95. The maximum absolute atomic E-state index is 12.4. The van der Waals surface area contributed by atoms with E-state index in [0.29, 0.717) is 22.9 Å². The van der Waals surface area contributed by atoms with Crippen molar-refractivity contribution in [1.29, 1.82) is 0 Å². The van der Waals surface area contributed by atoms with Crippen molar-refractivity contribution < 1.29 is 4.79 Å². The first-order chi connectivity index (χ1) is 10.7. The van der Waals surface area contributed by atoms with Crippen LogP contribution in [0.5, 0.6) is 0 Å². The van der Waals surface area contributed by atoms with Gasteiger partial charge in [-0.3, -0.25) is 4.79 Å². The van der Waals surface area contributed by atoms with E-state index in [1.165, 1.54) is 12.0 Å². The highest BCUT2D eigenvalue weighted by Gasteiger charge is 2.19. The lowest BCUT2D eigenvalue weighted by Crippen LogP contribution is -2.35. The Morgan fingerprint density at radius 1 is 1.36 bits per heavy atom. The van der Waals surface area contributed by atoms with Crippen LogP contribution >= 0.6 is 22.9 Å². The summed E-state index contributed by atoms with van der Waals surface area (Å²) in [5, 5.41) is 7.80. The van der Waals surface area contributed by atoms with Gasteiger partial charge >= 0.3 is 0 Å². The molecule has 116 valence electrons. The average molecular weight is 336 g/mol. The number of pyridine rings is 1. The first-order valence-electron chi connectivity index (χ1n) is 7.44. The van der Waals surface area contributed by atoms with Gasteiger partial charge in [0, 0.05) is 25.8 Å². The fourth-order valence-corrected chi connectivity index (χ4v) is 3.45. The van der Waals surface area contributed by atoms with E-state index in [1.807, 2.05) is 10.3 Å². The summed E-state index contributed by atoms with van der Waals surface area (Å²) >= 11 is 7.92. The zero-order valence-electron chi connectivity index (χ0n) is 12.2. The molecule has 4 nitrogen and oxygen atoms in total. The molecule has 0 bridgehead atoms. The van der Waals surface area contributed by atoms with Gasteiger partial charge in [0.1, 0.15) is 5.82 Å². The van der Waals surface area contributed by atoms with Gasteiger partial charge in [0.15, 0.2) is 0 Å². The average Bonchev–Trinajstić information content (AvgIpc) is 3.07. The van der Waals surface area contributed by atoms with E-state index in [1.54, 1.807) is 23.6 Å². The molecule has 0 saturated carbocycles. The Labute approximate surface area is 139 Å². The fourth-order valence-electron chi connectivity index (χ4n) is 2.54. The Hall–Kier alpha value is -1.59. The second-order valence-corrected chi connectivity index (χ2v) is 6.58. The number of hydrogen-bond donors (Lipinski definition) is 1. The number of nitrogens with one attached hydrogen (secondary N) is 1. The number of carbonyl (C=O) groups excluding carboxylic acids is 1. The highest BCUT2D eigenvalue weighted by molar-refractivity contribution is 7.07. The fraction of sp³-hybridized carbons (Fsp3) is 0.375. The third-order valence-corrected chi connectivity index (χ3v) is 4.79. The summed E-state index contributed by atoms with van der Waals surface area (Å²) < 4.78 is 0. The minimum atomic E-state index is 0.0264. The summed E-state index contributed by atoms with van der Waals surface area (Å²) in [4.78, 5) is 18.6. The van der Waals surface area contributed by atoms with E-state index < -0.39 is 0 Å². The molecule has 1 fully saturated rings. The Morgan fingerprint density at radius 2 is 2.18 bits per heavy atom. The molecule has 1 aliphatic heterocycles. The molecular formula is C16H18ClN3OS.